The lowest BCUT2D eigenvalue weighted by atomic mass is 10.00. The monoisotopic (exact) mass is 228 g/mol. The molecule has 0 fully saturated rings. The highest BCUT2D eigenvalue weighted by atomic mass is 32.1. The standard InChI is InChI=1S/C11H20N2OS/c1-9(5-11(2,3)14-4)12-6-10-7-15-8-13-10/h7-9,12H,5-6H2,1-4H3. The number of nitrogens with one attached hydrogen (secondary N) is 1. The summed E-state index contributed by atoms with van der Waals surface area (Å²) >= 11 is 1.63. The van der Waals surface area contributed by atoms with E-state index in [-0.39, 0.29) is 5.60 Å². The van der Waals surface area contributed by atoms with Crippen molar-refractivity contribution in [1.82, 2.24) is 10.3 Å². The van der Waals surface area contributed by atoms with Gasteiger partial charge in [-0.3, -0.25) is 0 Å². The second-order valence-electron chi connectivity index (χ2n) is 4.43. The Kier molecular flexibility index (Phi) is 4.70. The van der Waals surface area contributed by atoms with Crippen LogP contribution < -0.4 is 5.32 Å². The summed E-state index contributed by atoms with van der Waals surface area (Å²) in [6.45, 7) is 7.22. The van der Waals surface area contributed by atoms with Crippen molar-refractivity contribution in [3.8, 4) is 0 Å². The number of aromatic nitrogens is 1. The molecular formula is C11H20N2OS. The van der Waals surface area contributed by atoms with Gasteiger partial charge in [0.25, 0.3) is 0 Å². The quantitative estimate of drug-likeness (QED) is 0.812. The molecule has 1 heterocycles. The van der Waals surface area contributed by atoms with E-state index in [1.54, 1.807) is 18.4 Å². The molecule has 0 amide bonds. The number of nitrogens with zero attached hydrogens (tertiary/aromatic N) is 1. The zero-order chi connectivity index (χ0) is 11.3. The Morgan fingerprint density at radius 3 is 2.87 bits per heavy atom. The van der Waals surface area contributed by atoms with Gasteiger partial charge in [-0.15, -0.1) is 11.3 Å². The van der Waals surface area contributed by atoms with E-state index in [0.29, 0.717) is 6.04 Å². The Morgan fingerprint density at radius 2 is 2.33 bits per heavy atom. The molecule has 1 atom stereocenters. The van der Waals surface area contributed by atoms with E-state index in [1.165, 1.54) is 0 Å². The van der Waals surface area contributed by atoms with E-state index in [1.807, 2.05) is 5.51 Å². The lowest BCUT2D eigenvalue weighted by molar-refractivity contribution is 0.00842. The summed E-state index contributed by atoms with van der Waals surface area (Å²) < 4.78 is 5.39. The van der Waals surface area contributed by atoms with Gasteiger partial charge < -0.3 is 10.1 Å². The second kappa shape index (κ2) is 5.58. The average Bonchev–Trinajstić information content (AvgIpc) is 2.66. The molecule has 0 aliphatic carbocycles. The SMILES string of the molecule is COC(C)(C)CC(C)NCc1cscn1. The molecule has 86 valence electrons. The van der Waals surface area contributed by atoms with Crippen molar-refractivity contribution in [2.24, 2.45) is 0 Å². The fourth-order valence-electron chi connectivity index (χ4n) is 1.50. The molecule has 4 heteroatoms. The van der Waals surface area contributed by atoms with E-state index in [9.17, 15) is 0 Å². The van der Waals surface area contributed by atoms with Crippen molar-refractivity contribution < 1.29 is 4.74 Å². The molecule has 1 unspecified atom stereocenters. The Labute approximate surface area is 95.9 Å². The highest BCUT2D eigenvalue weighted by Gasteiger charge is 2.19. The molecule has 1 N–H and O–H groups in total. The normalized spacial score (nSPS) is 14.1. The van der Waals surface area contributed by atoms with Gasteiger partial charge in [-0.2, -0.15) is 0 Å². The number of ether oxygens (including phenoxy) is 1. The Balaban J connectivity index is 2.27. The topological polar surface area (TPSA) is 34.1 Å². The molecule has 0 saturated carbocycles. The van der Waals surface area contributed by atoms with Crippen LogP contribution in [0.4, 0.5) is 0 Å². The first kappa shape index (κ1) is 12.6. The van der Waals surface area contributed by atoms with Crippen LogP contribution in [0.5, 0.6) is 0 Å². The summed E-state index contributed by atoms with van der Waals surface area (Å²) in [6, 6.07) is 0.432. The first-order chi connectivity index (χ1) is 7.03. The molecule has 0 bridgehead atoms. The molecule has 1 aromatic heterocycles. The van der Waals surface area contributed by atoms with Crippen molar-refractivity contribution in [3.63, 3.8) is 0 Å². The molecule has 1 aromatic rings. The summed E-state index contributed by atoms with van der Waals surface area (Å²) in [4.78, 5) is 4.23. The van der Waals surface area contributed by atoms with Crippen LogP contribution >= 0.6 is 11.3 Å². The maximum Gasteiger partial charge on any atom is 0.0795 e. The minimum Gasteiger partial charge on any atom is -0.379 e. The Morgan fingerprint density at radius 1 is 1.60 bits per heavy atom. The van der Waals surface area contributed by atoms with Gasteiger partial charge in [-0.05, 0) is 27.2 Å². The molecule has 0 saturated heterocycles. The van der Waals surface area contributed by atoms with Crippen molar-refractivity contribution >= 4 is 11.3 Å². The maximum absolute atomic E-state index is 5.39. The third kappa shape index (κ3) is 4.73. The third-order valence-electron chi connectivity index (χ3n) is 2.47. The fraction of sp³-hybridized carbons (Fsp3) is 0.727. The van der Waals surface area contributed by atoms with Gasteiger partial charge in [0.2, 0.25) is 0 Å². The van der Waals surface area contributed by atoms with E-state index >= 15 is 0 Å². The van der Waals surface area contributed by atoms with Gasteiger partial charge in [0.05, 0.1) is 16.8 Å². The van der Waals surface area contributed by atoms with Crippen LogP contribution in [0.3, 0.4) is 0 Å². The molecule has 0 radical (unpaired) electrons. The summed E-state index contributed by atoms with van der Waals surface area (Å²) in [7, 11) is 1.76. The van der Waals surface area contributed by atoms with Crippen LogP contribution in [0.1, 0.15) is 32.9 Å². The van der Waals surface area contributed by atoms with E-state index in [0.717, 1.165) is 18.7 Å². The molecule has 1 rings (SSSR count). The zero-order valence-electron chi connectivity index (χ0n) is 9.91. The minimum absolute atomic E-state index is 0.0610. The summed E-state index contributed by atoms with van der Waals surface area (Å²) in [5.41, 5.74) is 2.91. The van der Waals surface area contributed by atoms with Crippen LogP contribution in [0.25, 0.3) is 0 Å². The molecule has 0 spiro atoms. The van der Waals surface area contributed by atoms with E-state index in [2.05, 4.69) is 36.5 Å². The fourth-order valence-corrected chi connectivity index (χ4v) is 2.05. The van der Waals surface area contributed by atoms with Gasteiger partial charge >= 0.3 is 0 Å². The van der Waals surface area contributed by atoms with Crippen molar-refractivity contribution in [3.05, 3.63) is 16.6 Å². The van der Waals surface area contributed by atoms with Crippen LogP contribution in [0.2, 0.25) is 0 Å². The molecule has 3 nitrogen and oxygen atoms in total. The Bertz CT molecular complexity index is 272. The number of hydrogen-bond donors (Lipinski definition) is 1. The molecule has 0 aliphatic rings. The Hall–Kier alpha value is -0.450. The van der Waals surface area contributed by atoms with Gasteiger partial charge in [0.15, 0.2) is 0 Å². The highest BCUT2D eigenvalue weighted by molar-refractivity contribution is 7.07. The minimum atomic E-state index is -0.0610. The van der Waals surface area contributed by atoms with Crippen molar-refractivity contribution in [2.75, 3.05) is 7.11 Å². The van der Waals surface area contributed by atoms with Gasteiger partial charge in [0, 0.05) is 25.1 Å². The van der Waals surface area contributed by atoms with Crippen LogP contribution in [0.15, 0.2) is 10.9 Å². The largest absolute Gasteiger partial charge is 0.379 e. The number of hydrogen-bond acceptors (Lipinski definition) is 4. The number of thiazole rings is 1. The van der Waals surface area contributed by atoms with E-state index in [4.69, 9.17) is 4.74 Å². The molecule has 0 aliphatic heterocycles. The lowest BCUT2D eigenvalue weighted by Gasteiger charge is -2.27. The summed E-state index contributed by atoms with van der Waals surface area (Å²) in [6.07, 6.45) is 0.994. The van der Waals surface area contributed by atoms with Crippen LogP contribution in [0, 0.1) is 0 Å². The number of rotatable bonds is 6. The van der Waals surface area contributed by atoms with Gasteiger partial charge in [-0.25, -0.2) is 4.98 Å². The summed E-state index contributed by atoms with van der Waals surface area (Å²) in [5, 5.41) is 5.51. The van der Waals surface area contributed by atoms with E-state index < -0.39 is 0 Å². The highest BCUT2D eigenvalue weighted by Crippen LogP contribution is 2.15. The molecule has 0 aromatic carbocycles. The predicted molar refractivity (Wildman–Crippen MR) is 64.1 cm³/mol. The zero-order valence-corrected chi connectivity index (χ0v) is 10.7. The van der Waals surface area contributed by atoms with Crippen LogP contribution in [-0.4, -0.2) is 23.7 Å². The van der Waals surface area contributed by atoms with Crippen LogP contribution in [-0.2, 0) is 11.3 Å². The van der Waals surface area contributed by atoms with Gasteiger partial charge in [0.1, 0.15) is 0 Å². The molecular weight excluding hydrogens is 208 g/mol. The first-order valence-electron chi connectivity index (χ1n) is 5.19. The van der Waals surface area contributed by atoms with Crippen molar-refractivity contribution in [2.45, 2.75) is 45.4 Å². The first-order valence-corrected chi connectivity index (χ1v) is 6.13. The summed E-state index contributed by atoms with van der Waals surface area (Å²) in [5.74, 6) is 0. The maximum atomic E-state index is 5.39. The van der Waals surface area contributed by atoms with Gasteiger partial charge in [-0.1, -0.05) is 0 Å². The van der Waals surface area contributed by atoms with Crippen molar-refractivity contribution in [1.29, 1.82) is 0 Å². The lowest BCUT2D eigenvalue weighted by Crippen LogP contribution is -2.35. The second-order valence-corrected chi connectivity index (χ2v) is 5.15. The molecule has 15 heavy (non-hydrogen) atoms. The average molecular weight is 228 g/mol. The number of methoxy groups -OCH3 is 1. The third-order valence-corrected chi connectivity index (χ3v) is 3.10. The predicted octanol–water partition coefficient (Wildman–Crippen LogP) is 2.44. The smallest absolute Gasteiger partial charge is 0.0795 e.